The number of aryl methyl sites for hydroxylation is 1. The average molecular weight is 1400 g/mol. The smallest absolute Gasteiger partial charge is 0.407 e. The molecule has 30 nitrogen and oxygen atoms in total. The van der Waals surface area contributed by atoms with Crippen LogP contribution in [0.1, 0.15) is 116 Å². The van der Waals surface area contributed by atoms with Crippen molar-refractivity contribution in [1.82, 2.24) is 64.7 Å². The third-order valence-electron chi connectivity index (χ3n) is 18.5. The first-order chi connectivity index (χ1) is 47.8. The molecule has 0 saturated heterocycles. The minimum Gasteiger partial charge on any atom is -0.460 e. The molecule has 542 valence electrons. The Labute approximate surface area is 583 Å². The summed E-state index contributed by atoms with van der Waals surface area (Å²) >= 11 is 0. The quantitative estimate of drug-likeness (QED) is 0.0289. The Morgan fingerprint density at radius 3 is 1.88 bits per heavy atom. The lowest BCUT2D eigenvalue weighted by Gasteiger charge is -2.29. The molecule has 0 radical (unpaired) electrons. The molecular formula is C70H89FN14O16. The van der Waals surface area contributed by atoms with Crippen LogP contribution in [-0.4, -0.2) is 241 Å². The zero-order valence-corrected chi connectivity index (χ0v) is 59.2. The summed E-state index contributed by atoms with van der Waals surface area (Å²) < 4.78 is 28.7. The molecule has 1 aliphatic carbocycles. The van der Waals surface area contributed by atoms with Crippen LogP contribution in [0.25, 0.3) is 22.3 Å². The van der Waals surface area contributed by atoms with Crippen LogP contribution < -0.4 is 26.8 Å². The molecule has 101 heavy (non-hydrogen) atoms. The minimum absolute atomic E-state index is 0.0449. The number of ether oxygens (including phenoxy) is 2. The maximum Gasteiger partial charge on any atom is 0.407 e. The molecule has 0 bridgehead atoms. The molecule has 4 N–H and O–H groups in total. The van der Waals surface area contributed by atoms with Gasteiger partial charge in [0.05, 0.1) is 86.8 Å². The van der Waals surface area contributed by atoms with Crippen molar-refractivity contribution in [3.63, 3.8) is 0 Å². The van der Waals surface area contributed by atoms with Gasteiger partial charge < -0.3 is 69.6 Å². The number of likely N-dealkylation sites (N-methyl/N-ethyl adjacent to an activating group) is 7. The van der Waals surface area contributed by atoms with Crippen LogP contribution in [0.2, 0.25) is 0 Å². The van der Waals surface area contributed by atoms with Crippen molar-refractivity contribution in [2.24, 2.45) is 5.92 Å². The summed E-state index contributed by atoms with van der Waals surface area (Å²) in [4.78, 5) is 200. The topological polar surface area (TPSA) is 349 Å². The van der Waals surface area contributed by atoms with Crippen molar-refractivity contribution in [2.75, 3.05) is 114 Å². The van der Waals surface area contributed by atoms with Gasteiger partial charge in [0.15, 0.2) is 0 Å². The lowest BCUT2D eigenvalue weighted by molar-refractivity contribution is -0.148. The summed E-state index contributed by atoms with van der Waals surface area (Å²) in [6.45, 7) is 3.69. The average Bonchev–Trinajstić information content (AvgIpc) is 1.60. The normalized spacial score (nSPS) is 15.1. The number of nitrogens with one attached hydrogen (secondary N) is 4. The van der Waals surface area contributed by atoms with E-state index in [9.17, 15) is 67.1 Å². The molecule has 3 aliphatic heterocycles. The van der Waals surface area contributed by atoms with Crippen LogP contribution in [-0.2, 0) is 99.7 Å². The second-order valence-corrected chi connectivity index (χ2v) is 26.7. The molecule has 8 rings (SSSR count). The van der Waals surface area contributed by atoms with Crippen molar-refractivity contribution in [3.05, 3.63) is 103 Å². The summed E-state index contributed by atoms with van der Waals surface area (Å²) in [7, 11) is 11.8. The molecule has 3 atom stereocenters. The zero-order chi connectivity index (χ0) is 74.0. The van der Waals surface area contributed by atoms with Gasteiger partial charge >= 0.3 is 12.1 Å². The number of hydrogen-bond donors (Lipinski definition) is 4. The molecule has 0 spiro atoms. The second-order valence-electron chi connectivity index (χ2n) is 26.7. The SMILES string of the molecule is CC[C@H]1C(=O)OCc2c1cc1n(c2=O)Cc2c-1nc1cc(F)c(C)c3c1c2[C@@H](NC(=O)OCc1c(CN(C)C(=O)CN(C)C(=O)CN(C)C(=O)CN(C)C(=O)CN(C)C(=O)CN(C)C(=O)CN(C)C)cccc1NC(=O)CNC(=O)C(NC(=O)CCCCCN1C(=O)C=CC1=O)C(C)C)CC3. The first-order valence-corrected chi connectivity index (χ1v) is 33.4. The van der Waals surface area contributed by atoms with Crippen LogP contribution in [0.4, 0.5) is 14.9 Å². The molecule has 1 unspecified atom stereocenters. The van der Waals surface area contributed by atoms with Crippen LogP contribution in [0.15, 0.2) is 47.3 Å². The largest absolute Gasteiger partial charge is 0.460 e. The summed E-state index contributed by atoms with van der Waals surface area (Å²) in [6, 6.07) is 6.00. The fourth-order valence-corrected chi connectivity index (χ4v) is 12.5. The van der Waals surface area contributed by atoms with Gasteiger partial charge in [-0.2, -0.15) is 0 Å². The predicted octanol–water partition coefficient (Wildman–Crippen LogP) is 1.83. The number of unbranched alkanes of at least 4 members (excludes halogenated alkanes) is 2. The van der Waals surface area contributed by atoms with Gasteiger partial charge in [0.25, 0.3) is 17.4 Å². The van der Waals surface area contributed by atoms with E-state index in [1.165, 1.54) is 76.4 Å². The highest BCUT2D eigenvalue weighted by Gasteiger charge is 2.39. The fourth-order valence-electron chi connectivity index (χ4n) is 12.5. The molecule has 4 aliphatic rings. The van der Waals surface area contributed by atoms with Gasteiger partial charge in [-0.1, -0.05) is 39.3 Å². The highest BCUT2D eigenvalue weighted by molar-refractivity contribution is 6.13. The Bertz CT molecular complexity index is 4080. The highest BCUT2D eigenvalue weighted by Crippen LogP contribution is 2.46. The van der Waals surface area contributed by atoms with Gasteiger partial charge in [-0.25, -0.2) is 14.2 Å². The van der Waals surface area contributed by atoms with E-state index in [1.54, 1.807) is 62.5 Å². The number of imide groups is 1. The number of carbonyl (C=O) groups excluding carboxylic acids is 13. The van der Waals surface area contributed by atoms with Gasteiger partial charge in [0, 0.05) is 102 Å². The fraction of sp³-hybridized carbons (Fsp3) is 0.500. The number of cyclic esters (lactones) is 1. The number of aromatic nitrogens is 2. The zero-order valence-electron chi connectivity index (χ0n) is 59.2. The van der Waals surface area contributed by atoms with Crippen molar-refractivity contribution in [2.45, 2.75) is 117 Å². The molecule has 0 saturated carbocycles. The van der Waals surface area contributed by atoms with E-state index >= 15 is 4.39 Å². The Morgan fingerprint density at radius 1 is 0.723 bits per heavy atom. The third kappa shape index (κ3) is 18.1. The third-order valence-corrected chi connectivity index (χ3v) is 18.5. The van der Waals surface area contributed by atoms with Crippen molar-refractivity contribution in [1.29, 1.82) is 0 Å². The van der Waals surface area contributed by atoms with E-state index in [0.717, 1.165) is 24.5 Å². The number of pyridine rings is 2. The number of halogens is 1. The van der Waals surface area contributed by atoms with Gasteiger partial charge in [0.2, 0.25) is 53.2 Å². The Morgan fingerprint density at radius 2 is 1.31 bits per heavy atom. The predicted molar refractivity (Wildman–Crippen MR) is 365 cm³/mol. The Hall–Kier alpha value is -10.5. The second kappa shape index (κ2) is 33.1. The van der Waals surface area contributed by atoms with Crippen molar-refractivity contribution < 1.29 is 76.2 Å². The molecule has 2 aromatic carbocycles. The lowest BCUT2D eigenvalue weighted by atomic mass is 9.81. The molecule has 12 amide bonds. The summed E-state index contributed by atoms with van der Waals surface area (Å²) in [5, 5.41) is 11.7. The number of benzene rings is 2. The van der Waals surface area contributed by atoms with E-state index < -0.39 is 140 Å². The number of carbonyl (C=O) groups is 13. The molecule has 5 heterocycles. The molecule has 2 aromatic heterocycles. The standard InChI is InChI=1S/C70H89FN14O16/c1-13-42-44-26-52-66-45(30-85(52)68(97)47(44)38-100-69(42)98)64-50(22-21-43-40(4)48(71)27-51(74-66)63(43)64)75-70(99)101-37-46-41(18-17-19-49(46)73-54(87)28-72-67(96)65(39(2)3)76-53(86)20-15-14-16-25-84-55(88)23-24-56(84)89)29-78(7)58(91)32-80(9)60(93)34-82(11)62(95)36-83(12)61(94)35-81(10)59(92)33-79(8)57(90)31-77(5)6/h17-19,23-24,26-27,39,42,50,65H,13-16,20-22,25,28-38H2,1-12H3,(H,72,96)(H,73,87)(H,75,99)(H,76,86)/t42-,50+,65?/m1/s1. The number of esters is 1. The van der Waals surface area contributed by atoms with E-state index in [-0.39, 0.29) is 74.9 Å². The monoisotopic (exact) mass is 1400 g/mol. The first-order valence-electron chi connectivity index (χ1n) is 33.4. The van der Waals surface area contributed by atoms with Crippen LogP contribution in [0.3, 0.4) is 0 Å². The summed E-state index contributed by atoms with van der Waals surface area (Å²) in [6.07, 6.45) is 3.92. The Kier molecular flexibility index (Phi) is 25.0. The number of rotatable bonds is 30. The number of alkyl carbamates (subject to hydrolysis) is 1. The first kappa shape index (κ1) is 76.3. The van der Waals surface area contributed by atoms with E-state index in [0.29, 0.717) is 93.3 Å². The van der Waals surface area contributed by atoms with Gasteiger partial charge in [0.1, 0.15) is 25.1 Å². The number of anilines is 1. The summed E-state index contributed by atoms with van der Waals surface area (Å²) in [5.41, 5.74) is 4.64. The van der Waals surface area contributed by atoms with E-state index in [1.807, 2.05) is 6.92 Å². The van der Waals surface area contributed by atoms with Crippen molar-refractivity contribution in [3.8, 4) is 11.4 Å². The van der Waals surface area contributed by atoms with Gasteiger partial charge in [-0.3, -0.25) is 67.2 Å². The summed E-state index contributed by atoms with van der Waals surface area (Å²) in [5.74, 6) is -7.85. The highest BCUT2D eigenvalue weighted by atomic mass is 19.1. The van der Waals surface area contributed by atoms with Gasteiger partial charge in [-0.15, -0.1) is 0 Å². The maximum atomic E-state index is 15.8. The number of nitrogens with zero attached hydrogens (tertiary/aromatic N) is 10. The number of fused-ring (bicyclic) bond motifs is 5. The van der Waals surface area contributed by atoms with E-state index in [4.69, 9.17) is 14.5 Å². The minimum atomic E-state index is -1.04. The van der Waals surface area contributed by atoms with E-state index in [2.05, 4.69) is 21.3 Å². The van der Waals surface area contributed by atoms with Crippen LogP contribution in [0, 0.1) is 18.7 Å². The molecule has 0 fully saturated rings. The lowest BCUT2D eigenvalue weighted by Crippen LogP contribution is -2.51. The molecule has 31 heteroatoms. The molecular weight excluding hydrogens is 1310 g/mol. The molecule has 4 aromatic rings. The van der Waals surface area contributed by atoms with Crippen LogP contribution >= 0.6 is 0 Å². The maximum absolute atomic E-state index is 15.8. The van der Waals surface area contributed by atoms with Crippen molar-refractivity contribution >= 4 is 93.6 Å². The Balaban J connectivity index is 0.952. The number of amides is 12. The number of hydrogen-bond acceptors (Lipinski definition) is 18. The van der Waals surface area contributed by atoms with Crippen LogP contribution in [0.5, 0.6) is 0 Å². The van der Waals surface area contributed by atoms with Gasteiger partial charge in [-0.05, 0) is 99.0 Å².